The van der Waals surface area contributed by atoms with E-state index in [-0.39, 0.29) is 6.10 Å². The van der Waals surface area contributed by atoms with Crippen LogP contribution in [0.1, 0.15) is 24.0 Å². The first-order chi connectivity index (χ1) is 10.1. The Labute approximate surface area is 126 Å². The number of nitrogens with two attached hydrogens (primary N) is 1. The van der Waals surface area contributed by atoms with Crippen LogP contribution < -0.4 is 10.5 Å². The molecular weight excluding hydrogens is 264 g/mol. The summed E-state index contributed by atoms with van der Waals surface area (Å²) in [6, 6.07) is 5.94. The van der Waals surface area contributed by atoms with Gasteiger partial charge in [-0.3, -0.25) is 0 Å². The zero-order chi connectivity index (χ0) is 15.2. The summed E-state index contributed by atoms with van der Waals surface area (Å²) in [5.41, 5.74) is 7.61. The number of methoxy groups -OCH3 is 1. The van der Waals surface area contributed by atoms with Crippen LogP contribution in [0, 0.1) is 17.8 Å². The van der Waals surface area contributed by atoms with Crippen LogP contribution in [0.3, 0.4) is 0 Å². The van der Waals surface area contributed by atoms with E-state index in [1.807, 2.05) is 18.2 Å². The molecule has 1 aliphatic rings. The average Bonchev–Trinajstić information content (AvgIpc) is 2.44. The predicted molar refractivity (Wildman–Crippen MR) is 84.0 cm³/mol. The lowest BCUT2D eigenvalue weighted by Crippen LogP contribution is -2.36. The molecule has 2 rings (SSSR count). The van der Waals surface area contributed by atoms with Gasteiger partial charge < -0.3 is 20.5 Å². The molecule has 1 aromatic rings. The fourth-order valence-electron chi connectivity index (χ4n) is 2.74. The lowest BCUT2D eigenvalue weighted by Gasteiger charge is -2.34. The molecule has 0 unspecified atom stereocenters. The molecule has 1 aliphatic carbocycles. The zero-order valence-electron chi connectivity index (χ0n) is 12.8. The molecule has 3 N–H and O–H groups in total. The minimum atomic E-state index is -0.0915. The molecule has 0 atom stereocenters. The molecule has 1 saturated carbocycles. The molecule has 0 radical (unpaired) electrons. The van der Waals surface area contributed by atoms with E-state index >= 15 is 0 Å². The minimum Gasteiger partial charge on any atom is -0.497 e. The number of hydrogen-bond donors (Lipinski definition) is 2. The van der Waals surface area contributed by atoms with Crippen LogP contribution >= 0.6 is 0 Å². The number of rotatable bonds is 5. The topological polar surface area (TPSA) is 58.7 Å². The van der Waals surface area contributed by atoms with E-state index in [1.54, 1.807) is 7.11 Å². The van der Waals surface area contributed by atoms with Crippen molar-refractivity contribution in [3.63, 3.8) is 0 Å². The second kappa shape index (κ2) is 7.46. The Morgan fingerprint density at radius 3 is 2.81 bits per heavy atom. The second-order valence-corrected chi connectivity index (χ2v) is 5.72. The number of aliphatic hydroxyl groups excluding tert-OH is 1. The first-order valence-corrected chi connectivity index (χ1v) is 7.34. The largest absolute Gasteiger partial charge is 0.497 e. The normalized spacial score (nSPS) is 20.6. The molecule has 1 aromatic carbocycles. The highest BCUT2D eigenvalue weighted by molar-refractivity contribution is 5.45. The summed E-state index contributed by atoms with van der Waals surface area (Å²) in [4.78, 5) is 2.28. The lowest BCUT2D eigenvalue weighted by atomic mass is 9.82. The van der Waals surface area contributed by atoms with E-state index in [4.69, 9.17) is 10.5 Å². The number of aliphatic hydroxyl groups is 1. The molecule has 0 heterocycles. The molecule has 0 aliphatic heterocycles. The van der Waals surface area contributed by atoms with Crippen LogP contribution in [0.2, 0.25) is 0 Å². The van der Waals surface area contributed by atoms with Gasteiger partial charge in [0, 0.05) is 18.7 Å². The maximum absolute atomic E-state index is 9.37. The summed E-state index contributed by atoms with van der Waals surface area (Å²) in [7, 11) is 3.77. The van der Waals surface area contributed by atoms with Crippen LogP contribution in [-0.2, 0) is 6.54 Å². The van der Waals surface area contributed by atoms with Crippen molar-refractivity contribution in [2.24, 2.45) is 11.7 Å². The number of ether oxygens (including phenoxy) is 1. The second-order valence-electron chi connectivity index (χ2n) is 5.72. The standard InChI is InChI=1S/C17H24N2O2/c1-19(11-13-8-16(20)9-13)12-15-10-17(21-2)6-5-14(15)4-3-7-18/h5-6,10,13,16,20H,7-9,11-12,18H2,1-2H3. The molecule has 21 heavy (non-hydrogen) atoms. The van der Waals surface area contributed by atoms with Crippen molar-refractivity contribution < 1.29 is 9.84 Å². The van der Waals surface area contributed by atoms with Crippen molar-refractivity contribution in [1.29, 1.82) is 0 Å². The quantitative estimate of drug-likeness (QED) is 0.800. The van der Waals surface area contributed by atoms with Gasteiger partial charge in [0.1, 0.15) is 5.75 Å². The number of nitrogens with zero attached hydrogens (tertiary/aromatic N) is 1. The van der Waals surface area contributed by atoms with Crippen molar-refractivity contribution in [2.75, 3.05) is 27.2 Å². The molecule has 1 fully saturated rings. The smallest absolute Gasteiger partial charge is 0.119 e. The molecule has 0 spiro atoms. The van der Waals surface area contributed by atoms with Gasteiger partial charge in [-0.05, 0) is 49.6 Å². The van der Waals surface area contributed by atoms with Crippen LogP contribution in [0.4, 0.5) is 0 Å². The third-order valence-electron chi connectivity index (χ3n) is 3.86. The van der Waals surface area contributed by atoms with Crippen LogP contribution in [0.15, 0.2) is 18.2 Å². The zero-order valence-corrected chi connectivity index (χ0v) is 12.8. The fraction of sp³-hybridized carbons (Fsp3) is 0.529. The summed E-state index contributed by atoms with van der Waals surface area (Å²) < 4.78 is 5.30. The first kappa shape index (κ1) is 15.8. The highest BCUT2D eigenvalue weighted by Crippen LogP contribution is 2.28. The monoisotopic (exact) mass is 288 g/mol. The summed E-state index contributed by atoms with van der Waals surface area (Å²) in [5.74, 6) is 7.48. The van der Waals surface area contributed by atoms with Gasteiger partial charge in [0.15, 0.2) is 0 Å². The van der Waals surface area contributed by atoms with E-state index < -0.39 is 0 Å². The van der Waals surface area contributed by atoms with Crippen molar-refractivity contribution in [3.05, 3.63) is 29.3 Å². The Hall–Kier alpha value is -1.54. The van der Waals surface area contributed by atoms with E-state index in [2.05, 4.69) is 23.8 Å². The molecular formula is C17H24N2O2. The van der Waals surface area contributed by atoms with Gasteiger partial charge in [-0.1, -0.05) is 11.8 Å². The Kier molecular flexibility index (Phi) is 5.63. The van der Waals surface area contributed by atoms with E-state index in [1.165, 1.54) is 0 Å². The maximum atomic E-state index is 9.37. The van der Waals surface area contributed by atoms with Crippen molar-refractivity contribution in [1.82, 2.24) is 4.90 Å². The maximum Gasteiger partial charge on any atom is 0.119 e. The van der Waals surface area contributed by atoms with Gasteiger partial charge in [-0.2, -0.15) is 0 Å². The lowest BCUT2D eigenvalue weighted by molar-refractivity contribution is 0.0273. The summed E-state index contributed by atoms with van der Waals surface area (Å²) >= 11 is 0. The van der Waals surface area contributed by atoms with Crippen molar-refractivity contribution in [3.8, 4) is 17.6 Å². The fourth-order valence-corrected chi connectivity index (χ4v) is 2.74. The van der Waals surface area contributed by atoms with Crippen LogP contribution in [-0.4, -0.2) is 43.4 Å². The van der Waals surface area contributed by atoms with E-state index in [9.17, 15) is 5.11 Å². The Bertz CT molecular complexity index is 527. The van der Waals surface area contributed by atoms with Crippen LogP contribution in [0.25, 0.3) is 0 Å². The molecule has 114 valence electrons. The summed E-state index contributed by atoms with van der Waals surface area (Å²) in [6.45, 7) is 2.18. The Balaban J connectivity index is 2.05. The molecule has 0 aromatic heterocycles. The van der Waals surface area contributed by atoms with Gasteiger partial charge in [-0.15, -0.1) is 0 Å². The van der Waals surface area contributed by atoms with E-state index in [0.29, 0.717) is 12.5 Å². The van der Waals surface area contributed by atoms with Crippen molar-refractivity contribution in [2.45, 2.75) is 25.5 Å². The molecule has 4 heteroatoms. The van der Waals surface area contributed by atoms with E-state index in [0.717, 1.165) is 42.8 Å². The van der Waals surface area contributed by atoms with Crippen molar-refractivity contribution >= 4 is 0 Å². The highest BCUT2D eigenvalue weighted by atomic mass is 16.5. The van der Waals surface area contributed by atoms with Gasteiger partial charge in [0.25, 0.3) is 0 Å². The van der Waals surface area contributed by atoms with Gasteiger partial charge in [0.05, 0.1) is 19.8 Å². The summed E-state index contributed by atoms with van der Waals surface area (Å²) in [5, 5.41) is 9.37. The SMILES string of the molecule is COc1ccc(C#CCN)c(CN(C)CC2CC(O)C2)c1. The number of benzene rings is 1. The van der Waals surface area contributed by atoms with Gasteiger partial charge in [0.2, 0.25) is 0 Å². The third kappa shape index (κ3) is 4.47. The van der Waals surface area contributed by atoms with Gasteiger partial charge >= 0.3 is 0 Å². The molecule has 4 nitrogen and oxygen atoms in total. The Morgan fingerprint density at radius 1 is 1.43 bits per heavy atom. The predicted octanol–water partition coefficient (Wildman–Crippen LogP) is 1.21. The molecule has 0 bridgehead atoms. The van der Waals surface area contributed by atoms with Gasteiger partial charge in [-0.25, -0.2) is 0 Å². The Morgan fingerprint density at radius 2 is 2.19 bits per heavy atom. The number of hydrogen-bond acceptors (Lipinski definition) is 4. The first-order valence-electron chi connectivity index (χ1n) is 7.34. The highest BCUT2D eigenvalue weighted by Gasteiger charge is 2.27. The minimum absolute atomic E-state index is 0.0915. The molecule has 0 saturated heterocycles. The van der Waals surface area contributed by atoms with Crippen LogP contribution in [0.5, 0.6) is 5.75 Å². The summed E-state index contributed by atoms with van der Waals surface area (Å²) in [6.07, 6.45) is 1.75. The third-order valence-corrected chi connectivity index (χ3v) is 3.86. The average molecular weight is 288 g/mol. The molecule has 0 amide bonds.